The summed E-state index contributed by atoms with van der Waals surface area (Å²) in [4.78, 5) is 27.6. The van der Waals surface area contributed by atoms with Gasteiger partial charge in [-0.2, -0.15) is 0 Å². The summed E-state index contributed by atoms with van der Waals surface area (Å²) in [7, 11) is 1.66. The molecular weight excluding hydrogens is 342 g/mol. The summed E-state index contributed by atoms with van der Waals surface area (Å²) in [6.07, 6.45) is 6.08. The summed E-state index contributed by atoms with van der Waals surface area (Å²) < 4.78 is 9.01. The number of ether oxygens (including phenoxy) is 1. The van der Waals surface area contributed by atoms with Crippen molar-refractivity contribution in [2.24, 2.45) is 0 Å². The summed E-state index contributed by atoms with van der Waals surface area (Å²) in [6.45, 7) is 1.09. The van der Waals surface area contributed by atoms with Crippen LogP contribution in [0, 0.1) is 0 Å². The first-order valence-electron chi connectivity index (χ1n) is 9.42. The molecule has 0 bridgehead atoms. The van der Waals surface area contributed by atoms with Crippen LogP contribution in [0.25, 0.3) is 33.2 Å². The number of hydrogen-bond donors (Lipinski definition) is 0. The van der Waals surface area contributed by atoms with Crippen LogP contribution in [0.2, 0.25) is 0 Å². The topological polar surface area (TPSA) is 74.8 Å². The van der Waals surface area contributed by atoms with Crippen LogP contribution in [0.1, 0.15) is 31.7 Å². The van der Waals surface area contributed by atoms with E-state index in [1.54, 1.807) is 18.0 Å². The predicted molar refractivity (Wildman–Crippen MR) is 104 cm³/mol. The summed E-state index contributed by atoms with van der Waals surface area (Å²) in [5.74, 6) is 0. The Morgan fingerprint density at radius 1 is 1.11 bits per heavy atom. The molecule has 3 heterocycles. The molecule has 0 saturated heterocycles. The van der Waals surface area contributed by atoms with Gasteiger partial charge in [-0.3, -0.25) is 9.36 Å². The van der Waals surface area contributed by atoms with Crippen molar-refractivity contribution in [2.75, 3.05) is 13.7 Å². The van der Waals surface area contributed by atoms with E-state index in [1.807, 2.05) is 28.8 Å². The summed E-state index contributed by atoms with van der Waals surface area (Å²) >= 11 is 0. The molecule has 1 fully saturated rings. The molecule has 1 aliphatic carbocycles. The van der Waals surface area contributed by atoms with Gasteiger partial charge in [-0.15, -0.1) is 0 Å². The second-order valence-corrected chi connectivity index (χ2v) is 7.12. The minimum absolute atomic E-state index is 0.0161. The molecule has 0 aliphatic heterocycles. The number of rotatable bonds is 4. The van der Waals surface area contributed by atoms with Crippen molar-refractivity contribution < 1.29 is 4.74 Å². The highest BCUT2D eigenvalue weighted by Crippen LogP contribution is 2.30. The molecule has 0 radical (unpaired) electrons. The second kappa shape index (κ2) is 6.42. The highest BCUT2D eigenvalue weighted by atomic mass is 16.5. The first-order chi connectivity index (χ1) is 13.3. The zero-order valence-corrected chi connectivity index (χ0v) is 15.3. The Bertz CT molecular complexity index is 1200. The van der Waals surface area contributed by atoms with Gasteiger partial charge < -0.3 is 9.30 Å². The maximum Gasteiger partial charge on any atom is 0.265 e. The van der Waals surface area contributed by atoms with Crippen molar-refractivity contribution in [1.82, 2.24) is 24.1 Å². The Hall–Kier alpha value is -2.80. The monoisotopic (exact) mass is 363 g/mol. The lowest BCUT2D eigenvalue weighted by atomic mass is 10.2. The van der Waals surface area contributed by atoms with Crippen LogP contribution in [-0.4, -0.2) is 37.8 Å². The number of para-hydroxylation sites is 2. The van der Waals surface area contributed by atoms with Crippen molar-refractivity contribution in [3.63, 3.8) is 0 Å². The molecule has 1 saturated carbocycles. The van der Waals surface area contributed by atoms with E-state index >= 15 is 0 Å². The fraction of sp³-hybridized carbons (Fsp3) is 0.400. The maximum absolute atomic E-state index is 13.4. The number of aromatic nitrogens is 5. The predicted octanol–water partition coefficient (Wildman–Crippen LogP) is 3.06. The van der Waals surface area contributed by atoms with Crippen molar-refractivity contribution in [3.8, 4) is 0 Å². The number of benzene rings is 1. The average Bonchev–Trinajstić information content (AvgIpc) is 3.32. The third kappa shape index (κ3) is 2.53. The minimum atomic E-state index is -0.0161. The van der Waals surface area contributed by atoms with Crippen molar-refractivity contribution >= 4 is 33.2 Å². The fourth-order valence-corrected chi connectivity index (χ4v) is 4.15. The molecule has 0 N–H and O–H groups in total. The number of fused-ring (bicyclic) bond motifs is 4. The van der Waals surface area contributed by atoms with E-state index in [-0.39, 0.29) is 11.6 Å². The summed E-state index contributed by atoms with van der Waals surface area (Å²) in [5.41, 5.74) is 3.53. The largest absolute Gasteiger partial charge is 0.383 e. The number of methoxy groups -OCH3 is 1. The van der Waals surface area contributed by atoms with Crippen LogP contribution >= 0.6 is 0 Å². The molecule has 0 atom stereocenters. The molecule has 0 unspecified atom stereocenters. The van der Waals surface area contributed by atoms with Gasteiger partial charge in [0.1, 0.15) is 17.2 Å². The Kier molecular flexibility index (Phi) is 3.89. The zero-order chi connectivity index (χ0) is 18.4. The molecule has 3 aromatic heterocycles. The zero-order valence-electron chi connectivity index (χ0n) is 15.3. The van der Waals surface area contributed by atoms with Crippen molar-refractivity contribution in [2.45, 2.75) is 38.3 Å². The van der Waals surface area contributed by atoms with E-state index in [0.29, 0.717) is 35.3 Å². The smallest absolute Gasteiger partial charge is 0.265 e. The van der Waals surface area contributed by atoms with E-state index in [1.165, 1.54) is 0 Å². The van der Waals surface area contributed by atoms with Crippen molar-refractivity contribution in [1.29, 1.82) is 0 Å². The SMILES string of the molecule is COCCn1c2nc3ccccc3nc2c2c(=O)n(C3CCCC3)cnc21. The van der Waals surface area contributed by atoms with Crippen LogP contribution in [0.15, 0.2) is 35.4 Å². The molecule has 0 spiro atoms. The lowest BCUT2D eigenvalue weighted by Gasteiger charge is -2.12. The molecular formula is C20H21N5O2. The molecule has 1 aliphatic rings. The van der Waals surface area contributed by atoms with Crippen LogP contribution in [0.3, 0.4) is 0 Å². The van der Waals surface area contributed by atoms with Crippen molar-refractivity contribution in [3.05, 3.63) is 40.9 Å². The summed E-state index contributed by atoms with van der Waals surface area (Å²) in [5, 5.41) is 0.564. The molecule has 27 heavy (non-hydrogen) atoms. The molecule has 1 aromatic carbocycles. The van der Waals surface area contributed by atoms with Gasteiger partial charge in [0.25, 0.3) is 5.56 Å². The van der Waals surface area contributed by atoms with E-state index in [9.17, 15) is 4.79 Å². The third-order valence-electron chi connectivity index (χ3n) is 5.51. The Morgan fingerprint density at radius 3 is 2.59 bits per heavy atom. The minimum Gasteiger partial charge on any atom is -0.383 e. The highest BCUT2D eigenvalue weighted by Gasteiger charge is 2.23. The molecule has 4 aromatic rings. The summed E-state index contributed by atoms with van der Waals surface area (Å²) in [6, 6.07) is 7.97. The Balaban J connectivity index is 1.86. The van der Waals surface area contributed by atoms with Gasteiger partial charge in [-0.1, -0.05) is 25.0 Å². The Labute approximate surface area is 155 Å². The number of hydrogen-bond acceptors (Lipinski definition) is 5. The molecule has 7 nitrogen and oxygen atoms in total. The second-order valence-electron chi connectivity index (χ2n) is 7.12. The lowest BCUT2D eigenvalue weighted by Crippen LogP contribution is -2.24. The molecule has 0 amide bonds. The van der Waals surface area contributed by atoms with Crippen LogP contribution < -0.4 is 5.56 Å². The van der Waals surface area contributed by atoms with Gasteiger partial charge in [-0.05, 0) is 25.0 Å². The van der Waals surface area contributed by atoms with Gasteiger partial charge in [0.2, 0.25) is 0 Å². The molecule has 138 valence electrons. The standard InChI is InChI=1S/C20H21N5O2/c1-27-11-10-24-18-16(20(26)25(12-21-18)13-6-2-3-7-13)17-19(24)23-15-9-5-4-8-14(15)22-17/h4-5,8-9,12-13H,2-3,6-7,10-11H2,1H3. The Morgan fingerprint density at radius 2 is 1.85 bits per heavy atom. The van der Waals surface area contributed by atoms with Gasteiger partial charge >= 0.3 is 0 Å². The van der Waals surface area contributed by atoms with E-state index in [4.69, 9.17) is 14.7 Å². The van der Waals surface area contributed by atoms with Gasteiger partial charge in [-0.25, -0.2) is 15.0 Å². The van der Waals surface area contributed by atoms with E-state index < -0.39 is 0 Å². The van der Waals surface area contributed by atoms with Crippen LogP contribution in [0.4, 0.5) is 0 Å². The first kappa shape index (κ1) is 16.4. The molecule has 7 heteroatoms. The van der Waals surface area contributed by atoms with Gasteiger partial charge in [0.05, 0.1) is 17.6 Å². The lowest BCUT2D eigenvalue weighted by molar-refractivity contribution is 0.189. The molecule has 5 rings (SSSR count). The first-order valence-corrected chi connectivity index (χ1v) is 9.42. The van der Waals surface area contributed by atoms with E-state index in [0.717, 1.165) is 36.7 Å². The van der Waals surface area contributed by atoms with E-state index in [2.05, 4.69) is 4.98 Å². The van der Waals surface area contributed by atoms with Gasteiger partial charge in [0, 0.05) is 19.7 Å². The average molecular weight is 363 g/mol. The fourth-order valence-electron chi connectivity index (χ4n) is 4.15. The van der Waals surface area contributed by atoms with Crippen LogP contribution in [0.5, 0.6) is 0 Å². The maximum atomic E-state index is 13.4. The highest BCUT2D eigenvalue weighted by molar-refractivity contribution is 6.04. The van der Waals surface area contributed by atoms with Gasteiger partial charge in [0.15, 0.2) is 11.3 Å². The third-order valence-corrected chi connectivity index (χ3v) is 5.51. The normalized spacial score (nSPS) is 15.4. The van der Waals surface area contributed by atoms with Crippen LogP contribution in [-0.2, 0) is 11.3 Å². The number of nitrogens with zero attached hydrogens (tertiary/aromatic N) is 5. The quantitative estimate of drug-likeness (QED) is 0.557.